The number of aryl methyl sites for hydroxylation is 1. The number of esters is 1. The van der Waals surface area contributed by atoms with Gasteiger partial charge >= 0.3 is 5.97 Å². The van der Waals surface area contributed by atoms with Crippen LogP contribution in [0.15, 0.2) is 66.7 Å². The minimum Gasteiger partial charge on any atom is -0.456 e. The number of hydrogen-bond acceptors (Lipinski definition) is 5. The van der Waals surface area contributed by atoms with Crippen LogP contribution in [0.3, 0.4) is 0 Å². The average molecular weight is 407 g/mol. The number of hydrogen-bond donors (Lipinski definition) is 1. The van der Waals surface area contributed by atoms with Crippen LogP contribution in [0.1, 0.15) is 31.8 Å². The third-order valence-electron chi connectivity index (χ3n) is 4.30. The molecule has 0 atom stereocenters. The van der Waals surface area contributed by atoms with Crippen molar-refractivity contribution in [1.82, 2.24) is 5.32 Å². The Kier molecular flexibility index (Phi) is 6.92. The maximum Gasteiger partial charge on any atom is 0.325 e. The number of thiophene rings is 1. The molecule has 1 aromatic heterocycles. The molecule has 0 radical (unpaired) electrons. The standard InChI is InChI=1S/C23H21NO4S/c1-2-19-12-13-21(29-19)20(25)15-28-22(26)14-24-23(27)18-10-8-17(9-11-18)16-6-4-3-5-7-16/h3-13H,2,14-15H2,1H3,(H,24,27). The molecule has 0 saturated heterocycles. The highest BCUT2D eigenvalue weighted by molar-refractivity contribution is 7.14. The Morgan fingerprint density at radius 1 is 0.897 bits per heavy atom. The Morgan fingerprint density at radius 3 is 2.24 bits per heavy atom. The summed E-state index contributed by atoms with van der Waals surface area (Å²) in [7, 11) is 0. The fourth-order valence-corrected chi connectivity index (χ4v) is 3.56. The number of rotatable bonds is 8. The Morgan fingerprint density at radius 2 is 1.59 bits per heavy atom. The summed E-state index contributed by atoms with van der Waals surface area (Å²) in [5.74, 6) is -1.27. The molecule has 2 aromatic carbocycles. The van der Waals surface area contributed by atoms with Gasteiger partial charge in [-0.1, -0.05) is 49.4 Å². The molecule has 1 N–H and O–H groups in total. The van der Waals surface area contributed by atoms with Crippen LogP contribution in [0.25, 0.3) is 11.1 Å². The molecule has 0 aliphatic rings. The fourth-order valence-electron chi connectivity index (χ4n) is 2.69. The molecule has 0 aliphatic heterocycles. The first-order chi connectivity index (χ1) is 14.1. The molecule has 0 spiro atoms. The van der Waals surface area contributed by atoms with Gasteiger partial charge in [-0.25, -0.2) is 0 Å². The second kappa shape index (κ2) is 9.80. The number of Topliss-reactive ketones (excluding diaryl/α,β-unsaturated/α-hetero) is 1. The Labute approximate surface area is 173 Å². The molecular weight excluding hydrogens is 386 g/mol. The Bertz CT molecular complexity index is 993. The van der Waals surface area contributed by atoms with Gasteiger partial charge in [-0.2, -0.15) is 0 Å². The molecule has 5 nitrogen and oxygen atoms in total. The Hall–Kier alpha value is -3.25. The first-order valence-electron chi connectivity index (χ1n) is 9.28. The van der Waals surface area contributed by atoms with E-state index in [1.54, 1.807) is 18.2 Å². The van der Waals surface area contributed by atoms with Crippen molar-refractivity contribution in [1.29, 1.82) is 0 Å². The zero-order chi connectivity index (χ0) is 20.6. The molecule has 0 aliphatic carbocycles. The van der Waals surface area contributed by atoms with E-state index in [4.69, 9.17) is 4.74 Å². The van der Waals surface area contributed by atoms with Crippen molar-refractivity contribution >= 4 is 29.0 Å². The minimum absolute atomic E-state index is 0.245. The van der Waals surface area contributed by atoms with Gasteiger partial charge in [0.2, 0.25) is 5.78 Å². The molecule has 3 aromatic rings. The molecule has 0 bridgehead atoms. The molecule has 1 heterocycles. The first kappa shape index (κ1) is 20.5. The van der Waals surface area contributed by atoms with Crippen molar-refractivity contribution in [2.45, 2.75) is 13.3 Å². The monoisotopic (exact) mass is 407 g/mol. The van der Waals surface area contributed by atoms with Gasteiger partial charge in [0.15, 0.2) is 6.61 Å². The van der Waals surface area contributed by atoms with E-state index in [1.165, 1.54) is 11.3 Å². The third-order valence-corrected chi connectivity index (χ3v) is 5.57. The number of benzene rings is 2. The van der Waals surface area contributed by atoms with Crippen molar-refractivity contribution in [3.8, 4) is 11.1 Å². The van der Waals surface area contributed by atoms with E-state index < -0.39 is 5.97 Å². The lowest BCUT2D eigenvalue weighted by Gasteiger charge is -2.07. The van der Waals surface area contributed by atoms with Crippen molar-refractivity contribution in [3.63, 3.8) is 0 Å². The van der Waals surface area contributed by atoms with Gasteiger partial charge in [0, 0.05) is 10.4 Å². The van der Waals surface area contributed by atoms with Gasteiger partial charge in [-0.3, -0.25) is 14.4 Å². The minimum atomic E-state index is -0.653. The molecule has 0 unspecified atom stereocenters. The molecule has 0 saturated carbocycles. The summed E-state index contributed by atoms with van der Waals surface area (Å²) >= 11 is 1.40. The van der Waals surface area contributed by atoms with Gasteiger partial charge in [-0.05, 0) is 41.8 Å². The van der Waals surface area contributed by atoms with E-state index in [-0.39, 0.29) is 24.8 Å². The van der Waals surface area contributed by atoms with Gasteiger partial charge in [0.1, 0.15) is 6.54 Å². The molecule has 148 valence electrons. The summed E-state index contributed by atoms with van der Waals surface area (Å²) in [5, 5.41) is 2.51. The largest absolute Gasteiger partial charge is 0.456 e. The molecular formula is C23H21NO4S. The number of amides is 1. The maximum atomic E-state index is 12.2. The lowest BCUT2D eigenvalue weighted by molar-refractivity contribution is -0.141. The molecule has 6 heteroatoms. The summed E-state index contributed by atoms with van der Waals surface area (Å²) in [4.78, 5) is 37.7. The Balaban J connectivity index is 1.46. The summed E-state index contributed by atoms with van der Waals surface area (Å²) in [6.07, 6.45) is 0.857. The smallest absolute Gasteiger partial charge is 0.325 e. The predicted molar refractivity (Wildman–Crippen MR) is 113 cm³/mol. The lowest BCUT2D eigenvalue weighted by atomic mass is 10.0. The number of nitrogens with one attached hydrogen (secondary N) is 1. The third kappa shape index (κ3) is 5.62. The second-order valence-corrected chi connectivity index (χ2v) is 7.50. The number of carbonyl (C=O) groups is 3. The van der Waals surface area contributed by atoms with Gasteiger partial charge in [0.25, 0.3) is 5.91 Å². The van der Waals surface area contributed by atoms with Crippen LogP contribution in [0.2, 0.25) is 0 Å². The van der Waals surface area contributed by atoms with Crippen LogP contribution < -0.4 is 5.32 Å². The van der Waals surface area contributed by atoms with E-state index in [9.17, 15) is 14.4 Å². The summed E-state index contributed by atoms with van der Waals surface area (Å²) in [6.45, 7) is 1.39. The summed E-state index contributed by atoms with van der Waals surface area (Å²) < 4.78 is 4.97. The molecule has 29 heavy (non-hydrogen) atoms. The number of ketones is 1. The van der Waals surface area contributed by atoms with E-state index in [2.05, 4.69) is 5.32 Å². The maximum absolute atomic E-state index is 12.2. The lowest BCUT2D eigenvalue weighted by Crippen LogP contribution is -2.31. The highest BCUT2D eigenvalue weighted by Crippen LogP contribution is 2.19. The van der Waals surface area contributed by atoms with Crippen molar-refractivity contribution in [2.75, 3.05) is 13.2 Å². The van der Waals surface area contributed by atoms with Crippen LogP contribution >= 0.6 is 11.3 Å². The number of ether oxygens (including phenoxy) is 1. The highest BCUT2D eigenvalue weighted by Gasteiger charge is 2.13. The van der Waals surface area contributed by atoms with E-state index in [0.717, 1.165) is 22.4 Å². The topological polar surface area (TPSA) is 72.5 Å². The van der Waals surface area contributed by atoms with Crippen LogP contribution in [0, 0.1) is 0 Å². The van der Waals surface area contributed by atoms with Gasteiger partial charge < -0.3 is 10.1 Å². The van der Waals surface area contributed by atoms with Crippen LogP contribution in [-0.2, 0) is 16.0 Å². The number of carbonyl (C=O) groups excluding carboxylic acids is 3. The molecule has 3 rings (SSSR count). The van der Waals surface area contributed by atoms with Crippen molar-refractivity contribution in [3.05, 3.63) is 82.0 Å². The average Bonchev–Trinajstić information content (AvgIpc) is 3.26. The second-order valence-electron chi connectivity index (χ2n) is 6.33. The SMILES string of the molecule is CCc1ccc(C(=O)COC(=O)CNC(=O)c2ccc(-c3ccccc3)cc2)s1. The predicted octanol–water partition coefficient (Wildman–Crippen LogP) is 4.13. The zero-order valence-corrected chi connectivity index (χ0v) is 16.8. The van der Waals surface area contributed by atoms with Crippen LogP contribution in [0.5, 0.6) is 0 Å². The normalized spacial score (nSPS) is 10.4. The van der Waals surface area contributed by atoms with Gasteiger partial charge in [-0.15, -0.1) is 11.3 Å². The molecule has 0 fully saturated rings. The van der Waals surface area contributed by atoms with Crippen LogP contribution in [0.4, 0.5) is 0 Å². The van der Waals surface area contributed by atoms with Gasteiger partial charge in [0.05, 0.1) is 4.88 Å². The van der Waals surface area contributed by atoms with Crippen LogP contribution in [-0.4, -0.2) is 30.8 Å². The van der Waals surface area contributed by atoms with E-state index in [1.807, 2.05) is 55.5 Å². The quantitative estimate of drug-likeness (QED) is 0.450. The van der Waals surface area contributed by atoms with Crippen molar-refractivity contribution < 1.29 is 19.1 Å². The fraction of sp³-hybridized carbons (Fsp3) is 0.174. The molecule has 1 amide bonds. The first-order valence-corrected chi connectivity index (χ1v) is 10.1. The van der Waals surface area contributed by atoms with E-state index in [0.29, 0.717) is 10.4 Å². The highest BCUT2D eigenvalue weighted by atomic mass is 32.1. The summed E-state index contributed by atoms with van der Waals surface area (Å²) in [6, 6.07) is 20.6. The zero-order valence-electron chi connectivity index (χ0n) is 16.0. The summed E-state index contributed by atoms with van der Waals surface area (Å²) in [5.41, 5.74) is 2.50. The van der Waals surface area contributed by atoms with Crippen molar-refractivity contribution in [2.24, 2.45) is 0 Å². The van der Waals surface area contributed by atoms with E-state index >= 15 is 0 Å².